The molecule has 0 spiro atoms. The highest BCUT2D eigenvalue weighted by molar-refractivity contribution is 6.05. The fourth-order valence-corrected chi connectivity index (χ4v) is 1.94. The van der Waals surface area contributed by atoms with Crippen LogP contribution in [0, 0.1) is 11.6 Å². The third kappa shape index (κ3) is 3.64. The lowest BCUT2D eigenvalue weighted by atomic mass is 10.2. The van der Waals surface area contributed by atoms with Gasteiger partial charge in [-0.1, -0.05) is 0 Å². The fourth-order valence-electron chi connectivity index (χ4n) is 1.94. The van der Waals surface area contributed by atoms with Gasteiger partial charge in [-0.05, 0) is 31.2 Å². The summed E-state index contributed by atoms with van der Waals surface area (Å²) < 4.78 is 63.6. The molecule has 1 amide bonds. The summed E-state index contributed by atoms with van der Waals surface area (Å²) in [4.78, 5) is 16.6. The number of hydrogen-bond donors (Lipinski definition) is 0. The predicted octanol–water partition coefficient (Wildman–Crippen LogP) is 4.05. The summed E-state index contributed by atoms with van der Waals surface area (Å²) in [5, 5.41) is 0. The van der Waals surface area contributed by atoms with Crippen LogP contribution in [0.4, 0.5) is 27.6 Å². The number of anilines is 1. The monoisotopic (exact) mass is 330 g/mol. The summed E-state index contributed by atoms with van der Waals surface area (Å²) in [5.41, 5.74) is -1.12. The lowest BCUT2D eigenvalue weighted by Gasteiger charge is -2.21. The highest BCUT2D eigenvalue weighted by atomic mass is 19.4. The molecular formula is C15H11F5N2O. The number of alkyl halides is 3. The fraction of sp³-hybridized carbons (Fsp3) is 0.200. The Bertz CT molecular complexity index is 713. The molecule has 1 aromatic carbocycles. The minimum Gasteiger partial charge on any atom is -0.308 e. The van der Waals surface area contributed by atoms with E-state index >= 15 is 0 Å². The number of hydrogen-bond acceptors (Lipinski definition) is 2. The Morgan fingerprint density at radius 2 is 1.83 bits per heavy atom. The van der Waals surface area contributed by atoms with Gasteiger partial charge in [0.2, 0.25) is 0 Å². The van der Waals surface area contributed by atoms with Gasteiger partial charge in [-0.15, -0.1) is 0 Å². The molecule has 0 aliphatic rings. The highest BCUT2D eigenvalue weighted by Crippen LogP contribution is 2.27. The lowest BCUT2D eigenvalue weighted by molar-refractivity contribution is -0.141. The maximum atomic E-state index is 13.3. The molecule has 0 radical (unpaired) electrons. The smallest absolute Gasteiger partial charge is 0.308 e. The summed E-state index contributed by atoms with van der Waals surface area (Å²) >= 11 is 0. The number of nitrogens with zero attached hydrogens (tertiary/aromatic N) is 2. The van der Waals surface area contributed by atoms with Gasteiger partial charge in [0.05, 0.1) is 5.56 Å². The molecule has 0 saturated heterocycles. The molecule has 0 bridgehead atoms. The third-order valence-corrected chi connectivity index (χ3v) is 3.08. The largest absolute Gasteiger partial charge is 0.433 e. The van der Waals surface area contributed by atoms with E-state index in [0.29, 0.717) is 6.07 Å². The van der Waals surface area contributed by atoms with E-state index in [1.54, 1.807) is 6.92 Å². The summed E-state index contributed by atoms with van der Waals surface area (Å²) in [6, 6.07) is 4.59. The van der Waals surface area contributed by atoms with E-state index in [1.165, 1.54) is 6.07 Å². The molecule has 3 nitrogen and oxygen atoms in total. The van der Waals surface area contributed by atoms with Crippen LogP contribution in [0.5, 0.6) is 0 Å². The van der Waals surface area contributed by atoms with Crippen molar-refractivity contribution in [3.8, 4) is 0 Å². The molecule has 0 fully saturated rings. The zero-order chi connectivity index (χ0) is 17.2. The van der Waals surface area contributed by atoms with E-state index < -0.39 is 29.4 Å². The van der Waals surface area contributed by atoms with Crippen molar-refractivity contribution >= 4 is 11.6 Å². The van der Waals surface area contributed by atoms with E-state index in [9.17, 15) is 26.7 Å². The molecule has 23 heavy (non-hydrogen) atoms. The molecule has 2 rings (SSSR count). The van der Waals surface area contributed by atoms with Crippen molar-refractivity contribution in [3.05, 3.63) is 59.4 Å². The standard InChI is InChI=1S/C15H11F5N2O/c1-2-22(10-4-5-11(16)12(17)7-10)14(23)9-3-6-13(21-8-9)15(18,19)20/h3-8H,2H2,1H3. The SMILES string of the molecule is CCN(C(=O)c1ccc(C(F)(F)F)nc1)c1ccc(F)c(F)c1. The number of halogens is 5. The molecule has 0 unspecified atom stereocenters. The Labute approximate surface area is 128 Å². The van der Waals surface area contributed by atoms with Crippen molar-refractivity contribution in [2.75, 3.05) is 11.4 Å². The molecule has 0 aliphatic heterocycles. The zero-order valence-electron chi connectivity index (χ0n) is 11.9. The summed E-state index contributed by atoms with van der Waals surface area (Å²) in [5.74, 6) is -2.85. The second kappa shape index (κ2) is 6.31. The third-order valence-electron chi connectivity index (χ3n) is 3.08. The van der Waals surface area contributed by atoms with Crippen LogP contribution in [0.3, 0.4) is 0 Å². The van der Waals surface area contributed by atoms with Gasteiger partial charge in [-0.2, -0.15) is 13.2 Å². The van der Waals surface area contributed by atoms with Crippen molar-refractivity contribution < 1.29 is 26.7 Å². The molecule has 8 heteroatoms. The van der Waals surface area contributed by atoms with Crippen LogP contribution >= 0.6 is 0 Å². The Morgan fingerprint density at radius 3 is 2.30 bits per heavy atom. The Morgan fingerprint density at radius 1 is 1.13 bits per heavy atom. The van der Waals surface area contributed by atoms with E-state index in [0.717, 1.165) is 29.3 Å². The van der Waals surface area contributed by atoms with E-state index in [1.807, 2.05) is 0 Å². The van der Waals surface area contributed by atoms with Gasteiger partial charge in [0, 0.05) is 24.5 Å². The summed E-state index contributed by atoms with van der Waals surface area (Å²) in [6.45, 7) is 1.71. The number of aromatic nitrogens is 1. The van der Waals surface area contributed by atoms with Gasteiger partial charge in [-0.3, -0.25) is 9.78 Å². The average Bonchev–Trinajstić information content (AvgIpc) is 2.50. The van der Waals surface area contributed by atoms with Gasteiger partial charge < -0.3 is 4.90 Å². The van der Waals surface area contributed by atoms with Crippen molar-refractivity contribution in [3.63, 3.8) is 0 Å². The van der Waals surface area contributed by atoms with Gasteiger partial charge in [0.25, 0.3) is 5.91 Å². The molecule has 122 valence electrons. The summed E-state index contributed by atoms with van der Waals surface area (Å²) in [6.07, 6.45) is -3.81. The van der Waals surface area contributed by atoms with E-state index in [2.05, 4.69) is 4.98 Å². The van der Waals surface area contributed by atoms with E-state index in [4.69, 9.17) is 0 Å². The number of rotatable bonds is 3. The Kier molecular flexibility index (Phi) is 4.63. The molecule has 0 atom stereocenters. The molecule has 0 N–H and O–H groups in total. The first-order chi connectivity index (χ1) is 10.7. The van der Waals surface area contributed by atoms with Gasteiger partial charge in [0.15, 0.2) is 11.6 Å². The second-order valence-electron chi connectivity index (χ2n) is 4.58. The van der Waals surface area contributed by atoms with Crippen LogP contribution in [0.1, 0.15) is 23.0 Å². The molecule has 1 heterocycles. The average molecular weight is 330 g/mol. The van der Waals surface area contributed by atoms with Crippen molar-refractivity contribution in [2.24, 2.45) is 0 Å². The number of pyridine rings is 1. The number of carbonyl (C=O) groups is 1. The number of benzene rings is 1. The first-order valence-corrected chi connectivity index (χ1v) is 6.54. The van der Waals surface area contributed by atoms with Crippen LogP contribution < -0.4 is 4.90 Å². The van der Waals surface area contributed by atoms with Crippen molar-refractivity contribution in [1.82, 2.24) is 4.98 Å². The van der Waals surface area contributed by atoms with Crippen LogP contribution in [-0.4, -0.2) is 17.4 Å². The van der Waals surface area contributed by atoms with Crippen LogP contribution in [0.25, 0.3) is 0 Å². The van der Waals surface area contributed by atoms with Gasteiger partial charge in [-0.25, -0.2) is 8.78 Å². The van der Waals surface area contributed by atoms with E-state index in [-0.39, 0.29) is 17.8 Å². The maximum Gasteiger partial charge on any atom is 0.433 e. The Balaban J connectivity index is 2.31. The van der Waals surface area contributed by atoms with Gasteiger partial charge >= 0.3 is 6.18 Å². The highest BCUT2D eigenvalue weighted by Gasteiger charge is 2.32. The quantitative estimate of drug-likeness (QED) is 0.796. The van der Waals surface area contributed by atoms with Gasteiger partial charge in [0.1, 0.15) is 5.69 Å². The first-order valence-electron chi connectivity index (χ1n) is 6.54. The molecular weight excluding hydrogens is 319 g/mol. The first kappa shape index (κ1) is 16.9. The van der Waals surface area contributed by atoms with Crippen LogP contribution in [-0.2, 0) is 6.18 Å². The van der Waals surface area contributed by atoms with Crippen LogP contribution in [0.15, 0.2) is 36.5 Å². The Hall–Kier alpha value is -2.51. The summed E-state index contributed by atoms with van der Waals surface area (Å²) in [7, 11) is 0. The number of amides is 1. The minimum atomic E-state index is -4.61. The predicted molar refractivity (Wildman–Crippen MR) is 72.9 cm³/mol. The number of carbonyl (C=O) groups excluding carboxylic acids is 1. The lowest BCUT2D eigenvalue weighted by Crippen LogP contribution is -2.31. The van der Waals surface area contributed by atoms with Crippen molar-refractivity contribution in [1.29, 1.82) is 0 Å². The molecule has 0 aliphatic carbocycles. The topological polar surface area (TPSA) is 33.2 Å². The second-order valence-corrected chi connectivity index (χ2v) is 4.58. The minimum absolute atomic E-state index is 0.0930. The normalized spacial score (nSPS) is 11.4. The molecule has 1 aromatic heterocycles. The molecule has 0 saturated carbocycles. The zero-order valence-corrected chi connectivity index (χ0v) is 11.9. The van der Waals surface area contributed by atoms with Crippen molar-refractivity contribution in [2.45, 2.75) is 13.1 Å². The van der Waals surface area contributed by atoms with Crippen LogP contribution in [0.2, 0.25) is 0 Å². The maximum absolute atomic E-state index is 13.3. The molecule has 2 aromatic rings.